The minimum absolute atomic E-state index is 0.0840. The van der Waals surface area contributed by atoms with Gasteiger partial charge in [-0.25, -0.2) is 4.98 Å². The van der Waals surface area contributed by atoms with E-state index in [1.165, 1.54) is 12.8 Å². The van der Waals surface area contributed by atoms with Crippen molar-refractivity contribution in [1.29, 1.82) is 0 Å². The van der Waals surface area contributed by atoms with Crippen LogP contribution in [0.15, 0.2) is 52.4 Å². The van der Waals surface area contributed by atoms with E-state index in [2.05, 4.69) is 0 Å². The largest absolute Gasteiger partial charge is 0.454 e. The lowest BCUT2D eigenvalue weighted by Gasteiger charge is -2.18. The molecule has 0 saturated heterocycles. The van der Waals surface area contributed by atoms with Gasteiger partial charge in [-0.05, 0) is 42.7 Å². The maximum absolute atomic E-state index is 13.2. The monoisotopic (exact) mass is 380 g/mol. The van der Waals surface area contributed by atoms with Gasteiger partial charge in [0.05, 0.1) is 10.9 Å². The number of hydrogen-bond acceptors (Lipinski definition) is 5. The summed E-state index contributed by atoms with van der Waals surface area (Å²) in [6.07, 6.45) is 4.46. The first kappa shape index (κ1) is 16.7. The van der Waals surface area contributed by atoms with Crippen LogP contribution in [0, 0.1) is 0 Å². The Bertz CT molecular complexity index is 1060. The number of para-hydroxylation sites is 1. The number of fused-ring (bicyclic) bond motifs is 2. The number of aromatic nitrogens is 2. The molecule has 1 saturated carbocycles. The lowest BCUT2D eigenvalue weighted by molar-refractivity contribution is 0.174. The molecule has 27 heavy (non-hydrogen) atoms. The molecule has 0 atom stereocenters. The summed E-state index contributed by atoms with van der Waals surface area (Å²) in [6, 6.07) is 13.9. The molecule has 5 nitrogen and oxygen atoms in total. The lowest BCUT2D eigenvalue weighted by atomic mass is 10.2. The fraction of sp³-hybridized carbons (Fsp3) is 0.333. The predicted molar refractivity (Wildman–Crippen MR) is 106 cm³/mol. The average molecular weight is 380 g/mol. The maximum Gasteiger partial charge on any atom is 0.262 e. The van der Waals surface area contributed by atoms with Crippen molar-refractivity contribution in [2.45, 2.75) is 42.6 Å². The molecular formula is C21H20N2O3S. The maximum atomic E-state index is 13.2. The molecule has 138 valence electrons. The van der Waals surface area contributed by atoms with Crippen molar-refractivity contribution in [2.24, 2.45) is 0 Å². The summed E-state index contributed by atoms with van der Waals surface area (Å²) < 4.78 is 12.8. The van der Waals surface area contributed by atoms with Gasteiger partial charge in [0.1, 0.15) is 0 Å². The van der Waals surface area contributed by atoms with Gasteiger partial charge in [-0.2, -0.15) is 0 Å². The van der Waals surface area contributed by atoms with Crippen LogP contribution in [-0.2, 0) is 5.75 Å². The molecule has 2 heterocycles. The SMILES string of the molecule is O=c1c2ccccc2nc(SCc2ccc3c(c2)OCO3)n1C1CCCC1. The van der Waals surface area contributed by atoms with Gasteiger partial charge < -0.3 is 9.47 Å². The zero-order valence-corrected chi connectivity index (χ0v) is 15.7. The van der Waals surface area contributed by atoms with Gasteiger partial charge in [-0.3, -0.25) is 9.36 Å². The Morgan fingerprint density at radius 1 is 1.07 bits per heavy atom. The van der Waals surface area contributed by atoms with Crippen molar-refractivity contribution in [1.82, 2.24) is 9.55 Å². The Morgan fingerprint density at radius 2 is 1.89 bits per heavy atom. The van der Waals surface area contributed by atoms with Crippen molar-refractivity contribution in [3.8, 4) is 11.5 Å². The third-order valence-electron chi connectivity index (χ3n) is 5.27. The first-order valence-electron chi connectivity index (χ1n) is 9.32. The van der Waals surface area contributed by atoms with Crippen LogP contribution < -0.4 is 15.0 Å². The molecule has 0 unspecified atom stereocenters. The Balaban J connectivity index is 1.51. The van der Waals surface area contributed by atoms with Crippen LogP contribution in [0.25, 0.3) is 10.9 Å². The van der Waals surface area contributed by atoms with Crippen LogP contribution in [0.4, 0.5) is 0 Å². The lowest BCUT2D eigenvalue weighted by Crippen LogP contribution is -2.26. The number of nitrogens with zero attached hydrogens (tertiary/aromatic N) is 2. The number of rotatable bonds is 4. The molecule has 0 bridgehead atoms. The highest BCUT2D eigenvalue weighted by molar-refractivity contribution is 7.98. The van der Waals surface area contributed by atoms with Gasteiger partial charge in [-0.15, -0.1) is 0 Å². The number of hydrogen-bond donors (Lipinski definition) is 0. The molecule has 6 heteroatoms. The van der Waals surface area contributed by atoms with Gasteiger partial charge in [-0.1, -0.05) is 42.8 Å². The first-order chi connectivity index (χ1) is 13.3. The van der Waals surface area contributed by atoms with Crippen molar-refractivity contribution in [2.75, 3.05) is 6.79 Å². The summed E-state index contributed by atoms with van der Waals surface area (Å²) in [6.45, 7) is 0.277. The molecule has 2 aliphatic rings. The van der Waals surface area contributed by atoms with E-state index >= 15 is 0 Å². The van der Waals surface area contributed by atoms with Gasteiger partial charge >= 0.3 is 0 Å². The number of thioether (sulfide) groups is 1. The van der Waals surface area contributed by atoms with Crippen LogP contribution in [0.1, 0.15) is 37.3 Å². The summed E-state index contributed by atoms with van der Waals surface area (Å²) in [5, 5.41) is 1.51. The summed E-state index contributed by atoms with van der Waals surface area (Å²) in [4.78, 5) is 18.0. The highest BCUT2D eigenvalue weighted by Crippen LogP contribution is 2.36. The standard InChI is InChI=1S/C21H20N2O3S/c24-20-16-7-3-4-8-17(16)22-21(23(20)15-5-1-2-6-15)27-12-14-9-10-18-19(11-14)26-13-25-18/h3-4,7-11,15H,1-2,5-6,12-13H2. The molecular weight excluding hydrogens is 360 g/mol. The molecule has 1 fully saturated rings. The Kier molecular flexibility index (Phi) is 4.28. The molecule has 0 spiro atoms. The number of benzene rings is 2. The molecule has 1 aliphatic carbocycles. The zero-order valence-electron chi connectivity index (χ0n) is 14.9. The Morgan fingerprint density at radius 3 is 2.78 bits per heavy atom. The van der Waals surface area contributed by atoms with E-state index in [0.29, 0.717) is 5.39 Å². The van der Waals surface area contributed by atoms with E-state index in [1.54, 1.807) is 11.8 Å². The summed E-state index contributed by atoms with van der Waals surface area (Å²) in [5.74, 6) is 2.30. The molecule has 0 amide bonds. The number of ether oxygens (including phenoxy) is 2. The second kappa shape index (κ2) is 6.93. The quantitative estimate of drug-likeness (QED) is 0.492. The molecule has 5 rings (SSSR count). The topological polar surface area (TPSA) is 53.4 Å². The molecule has 1 aromatic heterocycles. The highest BCUT2D eigenvalue weighted by atomic mass is 32.2. The van der Waals surface area contributed by atoms with Gasteiger partial charge in [0, 0.05) is 11.8 Å². The van der Waals surface area contributed by atoms with E-state index in [-0.39, 0.29) is 18.4 Å². The third kappa shape index (κ3) is 3.08. The third-order valence-corrected chi connectivity index (χ3v) is 6.29. The van der Waals surface area contributed by atoms with E-state index in [0.717, 1.165) is 46.3 Å². The molecule has 1 aliphatic heterocycles. The minimum atomic E-state index is 0.0840. The second-order valence-electron chi connectivity index (χ2n) is 7.00. The summed E-state index contributed by atoms with van der Waals surface area (Å²) in [5.41, 5.74) is 1.98. The second-order valence-corrected chi connectivity index (χ2v) is 7.94. The van der Waals surface area contributed by atoms with Crippen molar-refractivity contribution in [3.63, 3.8) is 0 Å². The predicted octanol–water partition coefficient (Wildman–Crippen LogP) is 4.53. The van der Waals surface area contributed by atoms with Crippen LogP contribution in [0.5, 0.6) is 11.5 Å². The van der Waals surface area contributed by atoms with E-state index < -0.39 is 0 Å². The van der Waals surface area contributed by atoms with Gasteiger partial charge in [0.15, 0.2) is 16.7 Å². The Labute approximate surface area is 161 Å². The molecule has 2 aromatic carbocycles. The smallest absolute Gasteiger partial charge is 0.262 e. The Hall–Kier alpha value is -2.47. The fourth-order valence-corrected chi connectivity index (χ4v) is 4.90. The van der Waals surface area contributed by atoms with Gasteiger partial charge in [0.25, 0.3) is 5.56 Å². The van der Waals surface area contributed by atoms with E-state index in [9.17, 15) is 4.79 Å². The van der Waals surface area contributed by atoms with Crippen LogP contribution in [-0.4, -0.2) is 16.3 Å². The molecule has 3 aromatic rings. The van der Waals surface area contributed by atoms with Crippen LogP contribution in [0.2, 0.25) is 0 Å². The van der Waals surface area contributed by atoms with Crippen molar-refractivity contribution < 1.29 is 9.47 Å². The normalized spacial score (nSPS) is 16.3. The summed E-state index contributed by atoms with van der Waals surface area (Å²) >= 11 is 1.62. The summed E-state index contributed by atoms with van der Waals surface area (Å²) in [7, 11) is 0. The van der Waals surface area contributed by atoms with Gasteiger partial charge in [0.2, 0.25) is 6.79 Å². The average Bonchev–Trinajstić information content (AvgIpc) is 3.38. The molecule has 0 radical (unpaired) electrons. The van der Waals surface area contributed by atoms with Crippen LogP contribution >= 0.6 is 11.8 Å². The highest BCUT2D eigenvalue weighted by Gasteiger charge is 2.23. The van der Waals surface area contributed by atoms with E-state index in [4.69, 9.17) is 14.5 Å². The first-order valence-corrected chi connectivity index (χ1v) is 10.3. The van der Waals surface area contributed by atoms with Crippen molar-refractivity contribution in [3.05, 3.63) is 58.4 Å². The van der Waals surface area contributed by atoms with Crippen LogP contribution in [0.3, 0.4) is 0 Å². The van der Waals surface area contributed by atoms with Crippen molar-refractivity contribution >= 4 is 22.7 Å². The molecule has 0 N–H and O–H groups in total. The minimum Gasteiger partial charge on any atom is -0.454 e. The van der Waals surface area contributed by atoms with E-state index in [1.807, 2.05) is 47.0 Å². The zero-order chi connectivity index (χ0) is 18.2. The fourth-order valence-electron chi connectivity index (χ4n) is 3.89.